The molecule has 1 heterocycles. The second-order valence-corrected chi connectivity index (χ2v) is 5.50. The molecule has 3 N–H and O–H groups in total. The van der Waals surface area contributed by atoms with Crippen LogP contribution in [-0.2, 0) is 9.59 Å². The number of nitrogens with two attached hydrogens (primary N) is 1. The number of nitrogens with one attached hydrogen (secondary N) is 1. The molecular formula is C13H23N3O2. The zero-order valence-electron chi connectivity index (χ0n) is 11.0. The number of likely N-dealkylation sites (tertiary alicyclic amines) is 1. The van der Waals surface area contributed by atoms with Crippen molar-refractivity contribution in [2.75, 3.05) is 19.6 Å². The molecule has 0 aromatic heterocycles. The van der Waals surface area contributed by atoms with E-state index in [1.807, 2.05) is 4.90 Å². The van der Waals surface area contributed by atoms with Gasteiger partial charge in [0, 0.05) is 32.0 Å². The molecule has 1 aliphatic carbocycles. The average Bonchev–Trinajstić information content (AvgIpc) is 2.95. The van der Waals surface area contributed by atoms with Gasteiger partial charge in [-0.05, 0) is 31.7 Å². The Morgan fingerprint density at radius 3 is 2.78 bits per heavy atom. The van der Waals surface area contributed by atoms with Gasteiger partial charge in [-0.1, -0.05) is 6.42 Å². The molecule has 1 saturated heterocycles. The summed E-state index contributed by atoms with van der Waals surface area (Å²) < 4.78 is 0. The van der Waals surface area contributed by atoms with E-state index in [9.17, 15) is 9.59 Å². The van der Waals surface area contributed by atoms with Crippen molar-refractivity contribution in [1.29, 1.82) is 0 Å². The van der Waals surface area contributed by atoms with Gasteiger partial charge in [0.05, 0.1) is 0 Å². The van der Waals surface area contributed by atoms with Gasteiger partial charge in [-0.25, -0.2) is 0 Å². The predicted octanol–water partition coefficient (Wildman–Crippen LogP) is 0.0984. The molecular weight excluding hydrogens is 230 g/mol. The molecule has 5 nitrogen and oxygen atoms in total. The summed E-state index contributed by atoms with van der Waals surface area (Å²) in [6.45, 7) is 3.55. The van der Waals surface area contributed by atoms with Gasteiger partial charge in [0.15, 0.2) is 0 Å². The van der Waals surface area contributed by atoms with Crippen molar-refractivity contribution in [3.05, 3.63) is 0 Å². The molecule has 3 atom stereocenters. The molecule has 2 aliphatic rings. The number of amides is 2. The maximum Gasteiger partial charge on any atom is 0.226 e. The van der Waals surface area contributed by atoms with E-state index in [1.54, 1.807) is 0 Å². The van der Waals surface area contributed by atoms with Crippen LogP contribution in [0.5, 0.6) is 0 Å². The zero-order chi connectivity index (χ0) is 13.1. The van der Waals surface area contributed by atoms with E-state index in [4.69, 9.17) is 5.73 Å². The molecule has 3 unspecified atom stereocenters. The minimum absolute atomic E-state index is 0.0185. The Kier molecular flexibility index (Phi) is 4.22. The van der Waals surface area contributed by atoms with Crippen molar-refractivity contribution in [1.82, 2.24) is 10.2 Å². The molecule has 1 aliphatic heterocycles. The standard InChI is InChI=1S/C13H23N3O2/c1-9(17)15-11-5-6-16(8-11)13(18)12-4-2-3-10(12)7-14/h10-12H,2-8,14H2,1H3,(H,15,17). The van der Waals surface area contributed by atoms with Gasteiger partial charge in [0.1, 0.15) is 0 Å². The highest BCUT2D eigenvalue weighted by molar-refractivity contribution is 5.80. The summed E-state index contributed by atoms with van der Waals surface area (Å²) >= 11 is 0. The van der Waals surface area contributed by atoms with E-state index >= 15 is 0 Å². The van der Waals surface area contributed by atoms with E-state index in [0.717, 1.165) is 32.2 Å². The smallest absolute Gasteiger partial charge is 0.226 e. The lowest BCUT2D eigenvalue weighted by Gasteiger charge is -2.24. The van der Waals surface area contributed by atoms with Crippen LogP contribution in [-0.4, -0.2) is 42.4 Å². The summed E-state index contributed by atoms with van der Waals surface area (Å²) in [6.07, 6.45) is 4.03. The molecule has 0 spiro atoms. The van der Waals surface area contributed by atoms with Crippen molar-refractivity contribution >= 4 is 11.8 Å². The van der Waals surface area contributed by atoms with Crippen LogP contribution in [0, 0.1) is 11.8 Å². The Labute approximate surface area is 108 Å². The van der Waals surface area contributed by atoms with Crippen LogP contribution in [0.1, 0.15) is 32.6 Å². The Hall–Kier alpha value is -1.10. The molecule has 0 aromatic rings. The maximum atomic E-state index is 12.4. The van der Waals surface area contributed by atoms with Gasteiger partial charge >= 0.3 is 0 Å². The molecule has 2 amide bonds. The lowest BCUT2D eigenvalue weighted by atomic mass is 9.95. The van der Waals surface area contributed by atoms with Crippen molar-refractivity contribution < 1.29 is 9.59 Å². The third-order valence-electron chi connectivity index (χ3n) is 4.19. The molecule has 0 radical (unpaired) electrons. The number of rotatable bonds is 3. The number of carbonyl (C=O) groups is 2. The Balaban J connectivity index is 1.89. The minimum atomic E-state index is -0.0185. The monoisotopic (exact) mass is 253 g/mol. The highest BCUT2D eigenvalue weighted by atomic mass is 16.2. The van der Waals surface area contributed by atoms with Crippen LogP contribution in [0.2, 0.25) is 0 Å². The number of nitrogens with zero attached hydrogens (tertiary/aromatic N) is 1. The van der Waals surface area contributed by atoms with Crippen molar-refractivity contribution in [3.63, 3.8) is 0 Å². The molecule has 0 bridgehead atoms. The number of hydrogen-bond acceptors (Lipinski definition) is 3. The van der Waals surface area contributed by atoms with Crippen LogP contribution in [0.25, 0.3) is 0 Å². The largest absolute Gasteiger partial charge is 0.352 e. The molecule has 18 heavy (non-hydrogen) atoms. The Morgan fingerprint density at radius 1 is 1.33 bits per heavy atom. The van der Waals surface area contributed by atoms with E-state index < -0.39 is 0 Å². The minimum Gasteiger partial charge on any atom is -0.352 e. The first-order chi connectivity index (χ1) is 8.61. The van der Waals surface area contributed by atoms with Gasteiger partial charge < -0.3 is 16.0 Å². The number of carbonyl (C=O) groups excluding carboxylic acids is 2. The summed E-state index contributed by atoms with van der Waals surface area (Å²) in [4.78, 5) is 25.3. The molecule has 2 rings (SSSR count). The summed E-state index contributed by atoms with van der Waals surface area (Å²) in [7, 11) is 0. The highest BCUT2D eigenvalue weighted by Gasteiger charge is 2.37. The molecule has 2 fully saturated rings. The van der Waals surface area contributed by atoms with Crippen molar-refractivity contribution in [2.24, 2.45) is 17.6 Å². The topological polar surface area (TPSA) is 75.4 Å². The number of hydrogen-bond donors (Lipinski definition) is 2. The average molecular weight is 253 g/mol. The molecule has 102 valence electrons. The molecule has 0 aromatic carbocycles. The van der Waals surface area contributed by atoms with Crippen LogP contribution in [0.4, 0.5) is 0 Å². The summed E-state index contributed by atoms with van der Waals surface area (Å²) in [5, 5.41) is 2.88. The van der Waals surface area contributed by atoms with E-state index in [1.165, 1.54) is 6.92 Å². The summed E-state index contributed by atoms with van der Waals surface area (Å²) in [5.74, 6) is 0.703. The third-order valence-corrected chi connectivity index (χ3v) is 4.19. The van der Waals surface area contributed by atoms with Crippen molar-refractivity contribution in [3.8, 4) is 0 Å². The maximum absolute atomic E-state index is 12.4. The normalized spacial score (nSPS) is 31.7. The van der Waals surface area contributed by atoms with E-state index in [-0.39, 0.29) is 23.8 Å². The second kappa shape index (κ2) is 5.69. The lowest BCUT2D eigenvalue weighted by Crippen LogP contribution is -2.41. The Morgan fingerprint density at radius 2 is 2.11 bits per heavy atom. The van der Waals surface area contributed by atoms with Crippen LogP contribution in [0.3, 0.4) is 0 Å². The quantitative estimate of drug-likeness (QED) is 0.749. The fraction of sp³-hybridized carbons (Fsp3) is 0.846. The van der Waals surface area contributed by atoms with Crippen LogP contribution >= 0.6 is 0 Å². The lowest BCUT2D eigenvalue weighted by molar-refractivity contribution is -0.135. The van der Waals surface area contributed by atoms with Crippen molar-refractivity contribution in [2.45, 2.75) is 38.6 Å². The van der Waals surface area contributed by atoms with Gasteiger partial charge in [-0.15, -0.1) is 0 Å². The van der Waals surface area contributed by atoms with Gasteiger partial charge in [-0.3, -0.25) is 9.59 Å². The van der Waals surface area contributed by atoms with Crippen LogP contribution < -0.4 is 11.1 Å². The van der Waals surface area contributed by atoms with Crippen LogP contribution in [0.15, 0.2) is 0 Å². The summed E-state index contributed by atoms with van der Waals surface area (Å²) in [5.41, 5.74) is 5.73. The summed E-state index contributed by atoms with van der Waals surface area (Å²) in [6, 6.07) is 0.129. The first kappa shape index (κ1) is 13.3. The fourth-order valence-electron chi connectivity index (χ4n) is 3.24. The first-order valence-electron chi connectivity index (χ1n) is 6.87. The SMILES string of the molecule is CC(=O)NC1CCN(C(=O)C2CCCC2CN)C1. The Bertz CT molecular complexity index is 332. The van der Waals surface area contributed by atoms with Gasteiger partial charge in [-0.2, -0.15) is 0 Å². The second-order valence-electron chi connectivity index (χ2n) is 5.50. The first-order valence-corrected chi connectivity index (χ1v) is 6.87. The predicted molar refractivity (Wildman–Crippen MR) is 68.7 cm³/mol. The molecule has 5 heteroatoms. The fourth-order valence-corrected chi connectivity index (χ4v) is 3.24. The zero-order valence-corrected chi connectivity index (χ0v) is 11.0. The molecule has 1 saturated carbocycles. The van der Waals surface area contributed by atoms with E-state index in [2.05, 4.69) is 5.32 Å². The third kappa shape index (κ3) is 2.83. The van der Waals surface area contributed by atoms with Gasteiger partial charge in [0.2, 0.25) is 11.8 Å². The van der Waals surface area contributed by atoms with Gasteiger partial charge in [0.25, 0.3) is 0 Å². The van der Waals surface area contributed by atoms with E-state index in [0.29, 0.717) is 19.0 Å². The highest BCUT2D eigenvalue weighted by Crippen LogP contribution is 2.33.